The lowest BCUT2D eigenvalue weighted by molar-refractivity contribution is -0.147. The maximum absolute atomic E-state index is 11.7. The molecule has 17 heavy (non-hydrogen) atoms. The van der Waals surface area contributed by atoms with Crippen molar-refractivity contribution in [1.82, 2.24) is 14.8 Å². The van der Waals surface area contributed by atoms with E-state index in [4.69, 9.17) is 22.7 Å². The Bertz CT molecular complexity index is 405. The van der Waals surface area contributed by atoms with Crippen LogP contribution in [0, 0.1) is 0 Å². The Morgan fingerprint density at radius 3 is 2.82 bits per heavy atom. The summed E-state index contributed by atoms with van der Waals surface area (Å²) in [5, 5.41) is 4.07. The summed E-state index contributed by atoms with van der Waals surface area (Å²) in [6, 6.07) is -0.462. The van der Waals surface area contributed by atoms with E-state index in [0.29, 0.717) is 13.0 Å². The van der Waals surface area contributed by atoms with E-state index in [0.717, 1.165) is 6.42 Å². The van der Waals surface area contributed by atoms with Crippen molar-refractivity contribution in [3.8, 4) is 0 Å². The topological polar surface area (TPSA) is 83.0 Å². The van der Waals surface area contributed by atoms with Crippen molar-refractivity contribution in [2.24, 2.45) is 5.73 Å². The van der Waals surface area contributed by atoms with Crippen LogP contribution in [0.3, 0.4) is 0 Å². The first-order valence-corrected chi connectivity index (χ1v) is 5.88. The first kappa shape index (κ1) is 13.6. The van der Waals surface area contributed by atoms with Gasteiger partial charge in [0.25, 0.3) is 0 Å². The number of carbonyl (C=O) groups is 1. The number of esters is 1. The van der Waals surface area contributed by atoms with Crippen molar-refractivity contribution in [2.75, 3.05) is 6.61 Å². The lowest BCUT2D eigenvalue weighted by atomic mass is 10.2. The van der Waals surface area contributed by atoms with Crippen LogP contribution in [0.5, 0.6) is 0 Å². The van der Waals surface area contributed by atoms with Gasteiger partial charge in [-0.25, -0.2) is 14.5 Å². The van der Waals surface area contributed by atoms with Crippen LogP contribution in [-0.4, -0.2) is 32.3 Å². The summed E-state index contributed by atoms with van der Waals surface area (Å²) in [6.45, 7) is 4.09. The standard InChI is InChI=1S/C10H16N4O2S/c1-3-5-7(10(15)16-4-2)14-6-12-9(13-14)8(11)17/h6-7H,3-5H2,1-2H3,(H2,11,17). The zero-order valence-corrected chi connectivity index (χ0v) is 10.7. The molecule has 0 spiro atoms. The Balaban J connectivity index is 2.88. The summed E-state index contributed by atoms with van der Waals surface area (Å²) in [7, 11) is 0. The molecule has 0 fully saturated rings. The van der Waals surface area contributed by atoms with Crippen molar-refractivity contribution < 1.29 is 9.53 Å². The Labute approximate surface area is 105 Å². The predicted molar refractivity (Wildman–Crippen MR) is 66.5 cm³/mol. The molecule has 7 heteroatoms. The molecule has 1 unspecified atom stereocenters. The van der Waals surface area contributed by atoms with Gasteiger partial charge in [-0.15, -0.1) is 5.10 Å². The monoisotopic (exact) mass is 256 g/mol. The van der Waals surface area contributed by atoms with Gasteiger partial charge >= 0.3 is 5.97 Å². The number of thiocarbonyl (C=S) groups is 1. The minimum absolute atomic E-state index is 0.114. The third-order valence-electron chi connectivity index (χ3n) is 2.17. The van der Waals surface area contributed by atoms with Gasteiger partial charge in [-0.05, 0) is 13.3 Å². The number of hydrogen-bond donors (Lipinski definition) is 1. The van der Waals surface area contributed by atoms with Gasteiger partial charge in [-0.2, -0.15) is 0 Å². The van der Waals surface area contributed by atoms with E-state index in [-0.39, 0.29) is 16.8 Å². The second-order valence-corrected chi connectivity index (χ2v) is 3.91. The van der Waals surface area contributed by atoms with E-state index in [2.05, 4.69) is 10.1 Å². The number of carbonyl (C=O) groups excluding carboxylic acids is 1. The van der Waals surface area contributed by atoms with E-state index in [1.165, 1.54) is 11.0 Å². The largest absolute Gasteiger partial charge is 0.464 e. The molecule has 1 atom stereocenters. The van der Waals surface area contributed by atoms with Gasteiger partial charge in [0.05, 0.1) is 6.61 Å². The average Bonchev–Trinajstić information content (AvgIpc) is 2.75. The van der Waals surface area contributed by atoms with Crippen molar-refractivity contribution in [3.63, 3.8) is 0 Å². The Kier molecular flexibility index (Phi) is 5.02. The maximum atomic E-state index is 11.7. The molecule has 0 aliphatic rings. The molecule has 94 valence electrons. The number of hydrogen-bond acceptors (Lipinski definition) is 5. The molecule has 1 aromatic heterocycles. The SMILES string of the molecule is CCCC(C(=O)OCC)n1cnc(C(N)=S)n1. The molecule has 1 aromatic rings. The minimum atomic E-state index is -0.462. The van der Waals surface area contributed by atoms with Gasteiger partial charge in [0.2, 0.25) is 5.82 Å². The van der Waals surface area contributed by atoms with E-state index >= 15 is 0 Å². The summed E-state index contributed by atoms with van der Waals surface area (Å²) < 4.78 is 6.44. The van der Waals surface area contributed by atoms with Crippen molar-refractivity contribution in [2.45, 2.75) is 32.7 Å². The molecule has 0 bridgehead atoms. The van der Waals surface area contributed by atoms with Gasteiger partial charge in [-0.3, -0.25) is 0 Å². The number of ether oxygens (including phenoxy) is 1. The highest BCUT2D eigenvalue weighted by Crippen LogP contribution is 2.14. The molecule has 0 aliphatic carbocycles. The molecule has 0 saturated carbocycles. The minimum Gasteiger partial charge on any atom is -0.464 e. The maximum Gasteiger partial charge on any atom is 0.330 e. The quantitative estimate of drug-likeness (QED) is 0.599. The molecular weight excluding hydrogens is 240 g/mol. The van der Waals surface area contributed by atoms with Crippen molar-refractivity contribution in [3.05, 3.63) is 12.2 Å². The number of nitrogens with zero attached hydrogens (tertiary/aromatic N) is 3. The van der Waals surface area contributed by atoms with Crippen molar-refractivity contribution >= 4 is 23.2 Å². The summed E-state index contributed by atoms with van der Waals surface area (Å²) in [5.74, 6) is -0.0425. The fourth-order valence-corrected chi connectivity index (χ4v) is 1.50. The van der Waals surface area contributed by atoms with E-state index < -0.39 is 6.04 Å². The zero-order chi connectivity index (χ0) is 12.8. The molecule has 2 N–H and O–H groups in total. The van der Waals surface area contributed by atoms with E-state index in [1.54, 1.807) is 6.92 Å². The second-order valence-electron chi connectivity index (χ2n) is 3.47. The first-order valence-electron chi connectivity index (χ1n) is 5.47. The van der Waals surface area contributed by atoms with Crippen LogP contribution in [0.2, 0.25) is 0 Å². The highest BCUT2D eigenvalue weighted by Gasteiger charge is 2.22. The zero-order valence-electron chi connectivity index (χ0n) is 9.92. The van der Waals surface area contributed by atoms with Crippen LogP contribution in [0.4, 0.5) is 0 Å². The Morgan fingerprint density at radius 1 is 1.65 bits per heavy atom. The molecule has 0 aromatic carbocycles. The third-order valence-corrected chi connectivity index (χ3v) is 2.35. The Morgan fingerprint density at radius 2 is 2.35 bits per heavy atom. The van der Waals surface area contributed by atoms with E-state index in [1.807, 2.05) is 6.92 Å². The lowest BCUT2D eigenvalue weighted by Gasteiger charge is -2.14. The van der Waals surface area contributed by atoms with E-state index in [9.17, 15) is 4.79 Å². The highest BCUT2D eigenvalue weighted by molar-refractivity contribution is 7.80. The van der Waals surface area contributed by atoms with Crippen LogP contribution < -0.4 is 5.73 Å². The number of nitrogens with two attached hydrogens (primary N) is 1. The Hall–Kier alpha value is -1.50. The molecular formula is C10H16N4O2S. The molecule has 0 aliphatic heterocycles. The molecule has 1 rings (SSSR count). The fourth-order valence-electron chi connectivity index (χ4n) is 1.41. The molecule has 0 saturated heterocycles. The average molecular weight is 256 g/mol. The van der Waals surface area contributed by atoms with Crippen molar-refractivity contribution in [1.29, 1.82) is 0 Å². The second kappa shape index (κ2) is 6.29. The predicted octanol–water partition coefficient (Wildman–Crippen LogP) is 0.817. The summed E-state index contributed by atoms with van der Waals surface area (Å²) in [6.07, 6.45) is 2.93. The summed E-state index contributed by atoms with van der Waals surface area (Å²) >= 11 is 4.77. The number of rotatable bonds is 6. The number of aromatic nitrogens is 3. The van der Waals surface area contributed by atoms with Gasteiger partial charge < -0.3 is 10.5 Å². The summed E-state index contributed by atoms with van der Waals surface area (Å²) in [5.41, 5.74) is 5.41. The summed E-state index contributed by atoms with van der Waals surface area (Å²) in [4.78, 5) is 15.8. The molecule has 0 radical (unpaired) electrons. The van der Waals surface area contributed by atoms with Crippen LogP contribution in [0.1, 0.15) is 38.6 Å². The fraction of sp³-hybridized carbons (Fsp3) is 0.600. The van der Waals surface area contributed by atoms with Gasteiger partial charge in [0, 0.05) is 0 Å². The molecule has 6 nitrogen and oxygen atoms in total. The third kappa shape index (κ3) is 3.48. The van der Waals surface area contributed by atoms with Gasteiger partial charge in [-0.1, -0.05) is 25.6 Å². The molecule has 0 amide bonds. The van der Waals surface area contributed by atoms with Crippen LogP contribution >= 0.6 is 12.2 Å². The van der Waals surface area contributed by atoms with Crippen LogP contribution in [-0.2, 0) is 9.53 Å². The van der Waals surface area contributed by atoms with Gasteiger partial charge in [0.1, 0.15) is 11.3 Å². The normalized spacial score (nSPS) is 12.1. The van der Waals surface area contributed by atoms with Gasteiger partial charge in [0.15, 0.2) is 6.04 Å². The molecule has 1 heterocycles. The van der Waals surface area contributed by atoms with Crippen LogP contribution in [0.25, 0.3) is 0 Å². The first-order chi connectivity index (χ1) is 8.10. The highest BCUT2D eigenvalue weighted by atomic mass is 32.1. The lowest BCUT2D eigenvalue weighted by Crippen LogP contribution is -2.23. The van der Waals surface area contributed by atoms with Crippen LogP contribution in [0.15, 0.2) is 6.33 Å². The smallest absolute Gasteiger partial charge is 0.330 e.